The number of amides is 1. The van der Waals surface area contributed by atoms with E-state index in [0.29, 0.717) is 11.4 Å². The van der Waals surface area contributed by atoms with E-state index in [2.05, 4.69) is 21.6 Å². The maximum Gasteiger partial charge on any atom is 0.270 e. The number of nitrogens with zero attached hydrogens (tertiary/aromatic N) is 3. The van der Waals surface area contributed by atoms with E-state index in [1.807, 2.05) is 38.4 Å². The number of rotatable bonds is 7. The highest BCUT2D eigenvalue weighted by atomic mass is 16.6. The zero-order valence-corrected chi connectivity index (χ0v) is 19.5. The van der Waals surface area contributed by atoms with E-state index in [1.165, 1.54) is 18.2 Å². The first-order valence-electron chi connectivity index (χ1n) is 11.5. The van der Waals surface area contributed by atoms with Gasteiger partial charge in [0.2, 0.25) is 5.91 Å². The highest BCUT2D eigenvalue weighted by Crippen LogP contribution is 2.33. The van der Waals surface area contributed by atoms with Crippen molar-refractivity contribution in [3.8, 4) is 0 Å². The van der Waals surface area contributed by atoms with Crippen molar-refractivity contribution in [2.24, 2.45) is 0 Å². The number of nitrogens with one attached hydrogen (secondary N) is 2. The fourth-order valence-corrected chi connectivity index (χ4v) is 4.46. The quantitative estimate of drug-likeness (QED) is 0.220. The number of para-hydroxylation sites is 1. The van der Waals surface area contributed by atoms with Gasteiger partial charge in [0.15, 0.2) is 0 Å². The molecule has 2 N–H and O–H groups in total. The molecule has 4 rings (SSSR count). The van der Waals surface area contributed by atoms with Gasteiger partial charge < -0.3 is 15.5 Å². The first-order chi connectivity index (χ1) is 16.3. The van der Waals surface area contributed by atoms with Crippen molar-refractivity contribution >= 4 is 40.1 Å². The van der Waals surface area contributed by atoms with Crippen LogP contribution in [0.25, 0.3) is 17.0 Å². The number of anilines is 2. The Balaban J connectivity index is 1.57. The minimum absolute atomic E-state index is 0.00736. The van der Waals surface area contributed by atoms with E-state index in [-0.39, 0.29) is 11.6 Å². The van der Waals surface area contributed by atoms with Gasteiger partial charge in [-0.05, 0) is 43.4 Å². The SMILES string of the molecule is CN(C)c1cc(NC2(NC(=O)/C=C/c3cccc([N+](=O)[O-])c3)CCCCC2)nc2ccccc12. The summed E-state index contributed by atoms with van der Waals surface area (Å²) in [6.07, 6.45) is 7.71. The predicted octanol–water partition coefficient (Wildman–Crippen LogP) is 5.11. The van der Waals surface area contributed by atoms with Crippen LogP contribution >= 0.6 is 0 Å². The molecule has 0 radical (unpaired) electrons. The molecule has 176 valence electrons. The standard InChI is InChI=1S/C26H29N5O3/c1-30(2)23-18-24(27-22-12-5-4-11-21(22)23)28-26(15-6-3-7-16-26)29-25(32)14-13-19-9-8-10-20(17-19)31(33)34/h4-5,8-14,17-18H,3,6-7,15-16H2,1-2H3,(H,27,28)(H,29,32)/b14-13+. The minimum Gasteiger partial charge on any atom is -0.377 e. The summed E-state index contributed by atoms with van der Waals surface area (Å²) in [4.78, 5) is 30.3. The molecule has 0 unspecified atom stereocenters. The molecule has 34 heavy (non-hydrogen) atoms. The Morgan fingerprint density at radius 3 is 2.59 bits per heavy atom. The molecular formula is C26H29N5O3. The van der Waals surface area contributed by atoms with E-state index in [1.54, 1.807) is 18.2 Å². The zero-order valence-electron chi connectivity index (χ0n) is 19.5. The number of non-ortho nitro benzene ring substituents is 1. The summed E-state index contributed by atoms with van der Waals surface area (Å²) in [5.41, 5.74) is 1.92. The molecule has 1 amide bonds. The topological polar surface area (TPSA) is 100 Å². The molecule has 1 aliphatic rings. The van der Waals surface area contributed by atoms with Crippen LogP contribution in [0.5, 0.6) is 0 Å². The molecule has 0 atom stereocenters. The van der Waals surface area contributed by atoms with Gasteiger partial charge >= 0.3 is 0 Å². The van der Waals surface area contributed by atoms with Crippen molar-refractivity contribution in [2.75, 3.05) is 24.3 Å². The molecule has 1 fully saturated rings. The number of fused-ring (bicyclic) bond motifs is 1. The Labute approximate surface area is 198 Å². The predicted molar refractivity (Wildman–Crippen MR) is 136 cm³/mol. The van der Waals surface area contributed by atoms with E-state index in [4.69, 9.17) is 4.98 Å². The summed E-state index contributed by atoms with van der Waals surface area (Å²) in [5, 5.41) is 18.8. The molecule has 1 aromatic heterocycles. The Bertz CT molecular complexity index is 1230. The lowest BCUT2D eigenvalue weighted by Crippen LogP contribution is -2.55. The number of hydrogen-bond donors (Lipinski definition) is 2. The van der Waals surface area contributed by atoms with Crippen LogP contribution < -0.4 is 15.5 Å². The van der Waals surface area contributed by atoms with Gasteiger partial charge in [-0.25, -0.2) is 4.98 Å². The summed E-state index contributed by atoms with van der Waals surface area (Å²) in [7, 11) is 4.00. The third-order valence-corrected chi connectivity index (χ3v) is 6.12. The molecule has 1 saturated carbocycles. The van der Waals surface area contributed by atoms with Crippen LogP contribution in [0.4, 0.5) is 17.2 Å². The van der Waals surface area contributed by atoms with Crippen LogP contribution in [0.1, 0.15) is 37.7 Å². The summed E-state index contributed by atoms with van der Waals surface area (Å²) in [6, 6.07) is 16.2. The smallest absolute Gasteiger partial charge is 0.270 e. The normalized spacial score (nSPS) is 15.2. The maximum absolute atomic E-state index is 12.9. The van der Waals surface area contributed by atoms with E-state index < -0.39 is 10.6 Å². The van der Waals surface area contributed by atoms with Gasteiger partial charge in [0, 0.05) is 49.4 Å². The number of carbonyl (C=O) groups excluding carboxylic acids is 1. The molecule has 3 aromatic rings. The molecule has 0 saturated heterocycles. The third-order valence-electron chi connectivity index (χ3n) is 6.12. The van der Waals surface area contributed by atoms with Gasteiger partial charge in [-0.15, -0.1) is 0 Å². The number of aromatic nitrogens is 1. The van der Waals surface area contributed by atoms with Crippen molar-refractivity contribution in [1.29, 1.82) is 0 Å². The molecule has 1 aliphatic carbocycles. The summed E-state index contributed by atoms with van der Waals surface area (Å²) in [6.45, 7) is 0. The molecule has 0 aliphatic heterocycles. The van der Waals surface area contributed by atoms with Crippen LogP contribution in [0.3, 0.4) is 0 Å². The number of carbonyl (C=O) groups is 1. The number of nitro benzene ring substituents is 1. The van der Waals surface area contributed by atoms with Crippen molar-refractivity contribution in [3.05, 3.63) is 76.4 Å². The lowest BCUT2D eigenvalue weighted by Gasteiger charge is -2.39. The number of nitro groups is 1. The van der Waals surface area contributed by atoms with Gasteiger partial charge in [0.1, 0.15) is 11.5 Å². The Morgan fingerprint density at radius 2 is 1.85 bits per heavy atom. The van der Waals surface area contributed by atoms with Gasteiger partial charge in [0.05, 0.1) is 10.4 Å². The van der Waals surface area contributed by atoms with Gasteiger partial charge in [-0.1, -0.05) is 36.8 Å². The first kappa shape index (κ1) is 23.2. The molecule has 8 nitrogen and oxygen atoms in total. The first-order valence-corrected chi connectivity index (χ1v) is 11.5. The Morgan fingerprint density at radius 1 is 1.09 bits per heavy atom. The monoisotopic (exact) mass is 459 g/mol. The molecule has 8 heteroatoms. The van der Waals surface area contributed by atoms with Crippen LogP contribution in [0.2, 0.25) is 0 Å². The second-order valence-electron chi connectivity index (χ2n) is 8.88. The van der Waals surface area contributed by atoms with E-state index >= 15 is 0 Å². The van der Waals surface area contributed by atoms with E-state index in [0.717, 1.165) is 48.7 Å². The summed E-state index contributed by atoms with van der Waals surface area (Å²) in [5.74, 6) is 0.460. The average molecular weight is 460 g/mol. The lowest BCUT2D eigenvalue weighted by atomic mass is 9.88. The second-order valence-corrected chi connectivity index (χ2v) is 8.88. The fraction of sp³-hybridized carbons (Fsp3) is 0.308. The lowest BCUT2D eigenvalue weighted by molar-refractivity contribution is -0.384. The highest BCUT2D eigenvalue weighted by molar-refractivity contribution is 5.94. The molecule has 0 spiro atoms. The van der Waals surface area contributed by atoms with Gasteiger partial charge in [-0.3, -0.25) is 14.9 Å². The van der Waals surface area contributed by atoms with Crippen LogP contribution in [0.15, 0.2) is 60.7 Å². The van der Waals surface area contributed by atoms with Gasteiger partial charge in [0.25, 0.3) is 5.69 Å². The van der Waals surface area contributed by atoms with Gasteiger partial charge in [-0.2, -0.15) is 0 Å². The van der Waals surface area contributed by atoms with Crippen molar-refractivity contribution in [1.82, 2.24) is 10.3 Å². The van der Waals surface area contributed by atoms with Crippen molar-refractivity contribution in [2.45, 2.75) is 37.8 Å². The Kier molecular flexibility index (Phi) is 6.77. The molecule has 0 bridgehead atoms. The minimum atomic E-state index is -0.610. The average Bonchev–Trinajstić information content (AvgIpc) is 2.83. The largest absolute Gasteiger partial charge is 0.377 e. The molecule has 1 heterocycles. The number of benzene rings is 2. The van der Waals surface area contributed by atoms with Crippen LogP contribution in [-0.2, 0) is 4.79 Å². The van der Waals surface area contributed by atoms with Crippen molar-refractivity contribution in [3.63, 3.8) is 0 Å². The number of pyridine rings is 1. The second kappa shape index (κ2) is 9.91. The van der Waals surface area contributed by atoms with Crippen molar-refractivity contribution < 1.29 is 9.72 Å². The zero-order chi connectivity index (χ0) is 24.1. The van der Waals surface area contributed by atoms with E-state index in [9.17, 15) is 14.9 Å². The molecular weight excluding hydrogens is 430 g/mol. The summed E-state index contributed by atoms with van der Waals surface area (Å²) >= 11 is 0. The highest BCUT2D eigenvalue weighted by Gasteiger charge is 2.33. The number of hydrogen-bond acceptors (Lipinski definition) is 6. The fourth-order valence-electron chi connectivity index (χ4n) is 4.46. The third kappa shape index (κ3) is 5.33. The van der Waals surface area contributed by atoms with Crippen LogP contribution in [0, 0.1) is 10.1 Å². The molecule has 2 aromatic carbocycles. The van der Waals surface area contributed by atoms with Crippen LogP contribution in [-0.4, -0.2) is 35.6 Å². The maximum atomic E-state index is 12.9. The Hall–Kier alpha value is -3.94. The summed E-state index contributed by atoms with van der Waals surface area (Å²) < 4.78 is 0.